The lowest BCUT2D eigenvalue weighted by Gasteiger charge is -2.17. The molecule has 4 rings (SSSR count). The highest BCUT2D eigenvalue weighted by Gasteiger charge is 2.13. The number of ether oxygens (including phenoxy) is 1. The van der Waals surface area contributed by atoms with Gasteiger partial charge in [0.25, 0.3) is 5.56 Å². The van der Waals surface area contributed by atoms with Crippen LogP contribution in [0.3, 0.4) is 0 Å². The molecule has 0 aliphatic rings. The van der Waals surface area contributed by atoms with Crippen molar-refractivity contribution in [3.05, 3.63) is 99.9 Å². The third-order valence-electron chi connectivity index (χ3n) is 5.92. The summed E-state index contributed by atoms with van der Waals surface area (Å²) < 4.78 is 20.5. The first-order valence-corrected chi connectivity index (χ1v) is 11.1. The molecule has 0 saturated heterocycles. The average molecular weight is 458 g/mol. The lowest BCUT2D eigenvalue weighted by atomic mass is 9.99. The van der Waals surface area contributed by atoms with E-state index in [2.05, 4.69) is 10.3 Å². The van der Waals surface area contributed by atoms with Gasteiger partial charge in [-0.3, -0.25) is 9.78 Å². The standard InChI is InChI=1S/C28H28FN3O2/c1-17-6-11-23(31-19(3)13-27(34-5)20-7-9-22(29)10-8-20)15-24(17)25-14-21-16-30-18(2)12-26(21)32(4)28(25)33/h6-16,19,31H,1-5H3/b27-13-. The van der Waals surface area contributed by atoms with Gasteiger partial charge >= 0.3 is 0 Å². The van der Waals surface area contributed by atoms with Crippen LogP contribution < -0.4 is 10.9 Å². The van der Waals surface area contributed by atoms with E-state index in [4.69, 9.17) is 4.74 Å². The second-order valence-electron chi connectivity index (χ2n) is 8.51. The number of hydrogen-bond acceptors (Lipinski definition) is 4. The predicted molar refractivity (Wildman–Crippen MR) is 136 cm³/mol. The van der Waals surface area contributed by atoms with Gasteiger partial charge in [-0.25, -0.2) is 4.39 Å². The summed E-state index contributed by atoms with van der Waals surface area (Å²) in [7, 11) is 3.39. The molecular weight excluding hydrogens is 429 g/mol. The molecule has 0 aliphatic heterocycles. The largest absolute Gasteiger partial charge is 0.496 e. The van der Waals surface area contributed by atoms with Gasteiger partial charge in [-0.1, -0.05) is 6.07 Å². The molecule has 0 aliphatic carbocycles. The summed E-state index contributed by atoms with van der Waals surface area (Å²) in [5, 5.41) is 4.37. The maximum atomic E-state index is 13.3. The number of benzene rings is 2. The van der Waals surface area contributed by atoms with Crippen molar-refractivity contribution in [2.75, 3.05) is 12.4 Å². The van der Waals surface area contributed by atoms with Gasteiger partial charge in [0.1, 0.15) is 11.6 Å². The Labute approximate surface area is 198 Å². The fourth-order valence-electron chi connectivity index (χ4n) is 4.09. The fraction of sp³-hybridized carbons (Fsp3) is 0.214. The van der Waals surface area contributed by atoms with Gasteiger partial charge in [0.15, 0.2) is 0 Å². The van der Waals surface area contributed by atoms with Gasteiger partial charge in [0.2, 0.25) is 0 Å². The normalized spacial score (nSPS) is 12.6. The Hall–Kier alpha value is -3.93. The van der Waals surface area contributed by atoms with Crippen molar-refractivity contribution in [2.45, 2.75) is 26.8 Å². The summed E-state index contributed by atoms with van der Waals surface area (Å²) in [6.45, 7) is 5.92. The molecular formula is C28H28FN3O2. The summed E-state index contributed by atoms with van der Waals surface area (Å²) in [5.74, 6) is 0.363. The van der Waals surface area contributed by atoms with E-state index in [0.29, 0.717) is 11.3 Å². The van der Waals surface area contributed by atoms with E-state index in [-0.39, 0.29) is 17.4 Å². The number of nitrogens with one attached hydrogen (secondary N) is 1. The van der Waals surface area contributed by atoms with Crippen LogP contribution in [0.5, 0.6) is 0 Å². The molecule has 2 aromatic heterocycles. The van der Waals surface area contributed by atoms with Gasteiger partial charge in [-0.15, -0.1) is 0 Å². The maximum Gasteiger partial charge on any atom is 0.258 e. The number of halogens is 1. The van der Waals surface area contributed by atoms with Gasteiger partial charge in [-0.2, -0.15) is 0 Å². The smallest absolute Gasteiger partial charge is 0.258 e. The van der Waals surface area contributed by atoms with Gasteiger partial charge < -0.3 is 14.6 Å². The van der Waals surface area contributed by atoms with Crippen LogP contribution in [0, 0.1) is 19.7 Å². The zero-order chi connectivity index (χ0) is 24.4. The van der Waals surface area contributed by atoms with Crippen LogP contribution in [0.25, 0.3) is 27.8 Å². The first-order chi connectivity index (χ1) is 16.3. The second kappa shape index (κ2) is 9.51. The molecule has 0 fully saturated rings. The first kappa shape index (κ1) is 23.2. The Kier molecular flexibility index (Phi) is 6.50. The molecule has 0 amide bonds. The Bertz CT molecular complexity index is 1440. The predicted octanol–water partition coefficient (Wildman–Crippen LogP) is 5.84. The van der Waals surface area contributed by atoms with E-state index in [0.717, 1.165) is 39.0 Å². The minimum absolute atomic E-state index is 0.0516. The highest BCUT2D eigenvalue weighted by Crippen LogP contribution is 2.27. The van der Waals surface area contributed by atoms with E-state index in [1.54, 1.807) is 37.1 Å². The number of rotatable bonds is 6. The van der Waals surface area contributed by atoms with Crippen molar-refractivity contribution in [1.29, 1.82) is 0 Å². The number of aromatic nitrogens is 2. The highest BCUT2D eigenvalue weighted by molar-refractivity contribution is 5.85. The Morgan fingerprint density at radius 1 is 1.09 bits per heavy atom. The van der Waals surface area contributed by atoms with E-state index >= 15 is 0 Å². The van der Waals surface area contributed by atoms with Crippen molar-refractivity contribution < 1.29 is 9.13 Å². The number of fused-ring (bicyclic) bond motifs is 1. The Morgan fingerprint density at radius 3 is 2.53 bits per heavy atom. The second-order valence-corrected chi connectivity index (χ2v) is 8.51. The zero-order valence-corrected chi connectivity index (χ0v) is 20.0. The van der Waals surface area contributed by atoms with Gasteiger partial charge in [-0.05, 0) is 86.5 Å². The van der Waals surface area contributed by atoms with Crippen LogP contribution in [0.15, 0.2) is 71.7 Å². The SMILES string of the molecule is CO/C(=C\C(C)Nc1ccc(C)c(-c2cc3cnc(C)cc3n(C)c2=O)c1)c1ccc(F)cc1. The number of nitrogens with zero attached hydrogens (tertiary/aromatic N) is 2. The Morgan fingerprint density at radius 2 is 1.82 bits per heavy atom. The molecule has 5 nitrogen and oxygen atoms in total. The van der Waals surface area contributed by atoms with Crippen LogP contribution in [-0.4, -0.2) is 22.7 Å². The molecule has 1 N–H and O–H groups in total. The number of aryl methyl sites for hydroxylation is 3. The molecule has 1 atom stereocenters. The minimum Gasteiger partial charge on any atom is -0.496 e. The lowest BCUT2D eigenvalue weighted by molar-refractivity contribution is 0.368. The van der Waals surface area contributed by atoms with E-state index in [9.17, 15) is 9.18 Å². The van der Waals surface area contributed by atoms with Gasteiger partial charge in [0.05, 0.1) is 12.6 Å². The number of pyridine rings is 2. The van der Waals surface area contributed by atoms with E-state index in [1.165, 1.54) is 12.1 Å². The molecule has 2 heterocycles. The van der Waals surface area contributed by atoms with Crippen LogP contribution >= 0.6 is 0 Å². The molecule has 0 saturated carbocycles. The maximum absolute atomic E-state index is 13.3. The molecule has 6 heteroatoms. The summed E-state index contributed by atoms with van der Waals surface area (Å²) >= 11 is 0. The number of methoxy groups -OCH3 is 1. The molecule has 2 aromatic carbocycles. The summed E-state index contributed by atoms with van der Waals surface area (Å²) in [5.41, 5.74) is 5.87. The van der Waals surface area contributed by atoms with Crippen molar-refractivity contribution in [3.8, 4) is 11.1 Å². The Balaban J connectivity index is 1.68. The van der Waals surface area contributed by atoms with Gasteiger partial charge in [0, 0.05) is 47.2 Å². The van der Waals surface area contributed by atoms with Crippen LogP contribution in [-0.2, 0) is 11.8 Å². The summed E-state index contributed by atoms with van der Waals surface area (Å²) in [6.07, 6.45) is 3.75. The van der Waals surface area contributed by atoms with Crippen molar-refractivity contribution >= 4 is 22.3 Å². The third kappa shape index (κ3) is 4.71. The van der Waals surface area contributed by atoms with E-state index < -0.39 is 0 Å². The van der Waals surface area contributed by atoms with Crippen molar-refractivity contribution in [1.82, 2.24) is 9.55 Å². The number of hydrogen-bond donors (Lipinski definition) is 1. The van der Waals surface area contributed by atoms with Crippen molar-refractivity contribution in [2.24, 2.45) is 7.05 Å². The van der Waals surface area contributed by atoms with Crippen molar-refractivity contribution in [3.63, 3.8) is 0 Å². The molecule has 34 heavy (non-hydrogen) atoms. The first-order valence-electron chi connectivity index (χ1n) is 11.1. The lowest BCUT2D eigenvalue weighted by Crippen LogP contribution is -2.19. The molecule has 0 bridgehead atoms. The van der Waals surface area contributed by atoms with Crippen LogP contribution in [0.1, 0.15) is 23.7 Å². The quantitative estimate of drug-likeness (QED) is 0.369. The molecule has 1 unspecified atom stereocenters. The monoisotopic (exact) mass is 457 g/mol. The van der Waals surface area contributed by atoms with Crippen LogP contribution in [0.4, 0.5) is 10.1 Å². The molecule has 0 radical (unpaired) electrons. The summed E-state index contributed by atoms with van der Waals surface area (Å²) in [4.78, 5) is 17.6. The molecule has 0 spiro atoms. The zero-order valence-electron chi connectivity index (χ0n) is 20.0. The topological polar surface area (TPSA) is 56.1 Å². The summed E-state index contributed by atoms with van der Waals surface area (Å²) in [6, 6.07) is 15.9. The van der Waals surface area contributed by atoms with E-state index in [1.807, 2.05) is 57.2 Å². The molecule has 4 aromatic rings. The average Bonchev–Trinajstić information content (AvgIpc) is 2.82. The fourth-order valence-corrected chi connectivity index (χ4v) is 4.09. The highest BCUT2D eigenvalue weighted by atomic mass is 19.1. The van der Waals surface area contributed by atoms with Crippen LogP contribution in [0.2, 0.25) is 0 Å². The third-order valence-corrected chi connectivity index (χ3v) is 5.92. The minimum atomic E-state index is -0.289. The molecule has 174 valence electrons. The number of anilines is 1.